The predicted molar refractivity (Wildman–Crippen MR) is 80.0 cm³/mol. The Bertz CT molecular complexity index is 602. The first-order chi connectivity index (χ1) is 9.60. The van der Waals surface area contributed by atoms with Crippen molar-refractivity contribution in [1.29, 1.82) is 0 Å². The zero-order valence-corrected chi connectivity index (χ0v) is 12.1. The molecule has 1 aromatic heterocycles. The fourth-order valence-corrected chi connectivity index (χ4v) is 1.98. The van der Waals surface area contributed by atoms with E-state index in [1.54, 1.807) is 0 Å². The van der Waals surface area contributed by atoms with Gasteiger partial charge in [0.05, 0.1) is 6.54 Å². The van der Waals surface area contributed by atoms with Crippen LogP contribution in [0.15, 0.2) is 34.7 Å². The number of aryl methyl sites for hydroxylation is 2. The zero-order chi connectivity index (χ0) is 14.5. The third kappa shape index (κ3) is 3.41. The lowest BCUT2D eigenvalue weighted by Gasteiger charge is -2.10. The number of carbonyl (C=O) groups is 1. The van der Waals surface area contributed by atoms with Crippen LogP contribution in [0.1, 0.15) is 34.4 Å². The van der Waals surface area contributed by atoms with E-state index < -0.39 is 0 Å². The highest BCUT2D eigenvalue weighted by molar-refractivity contribution is 5.95. The standard InChI is InChI=1S/C16H20N2O2/c1-4-17-16(19)13-7-5-11(2)15(9-13)18-10-14-8-6-12(3)20-14/h5-9,18H,4,10H2,1-3H3,(H,17,19). The van der Waals surface area contributed by atoms with Gasteiger partial charge in [0.2, 0.25) is 0 Å². The molecule has 1 heterocycles. The third-order valence-corrected chi connectivity index (χ3v) is 3.09. The van der Waals surface area contributed by atoms with Crippen LogP contribution in [0, 0.1) is 13.8 Å². The van der Waals surface area contributed by atoms with E-state index in [1.165, 1.54) is 0 Å². The van der Waals surface area contributed by atoms with Crippen molar-refractivity contribution < 1.29 is 9.21 Å². The van der Waals surface area contributed by atoms with Crippen molar-refractivity contribution in [2.45, 2.75) is 27.3 Å². The van der Waals surface area contributed by atoms with Crippen molar-refractivity contribution in [3.8, 4) is 0 Å². The number of furan rings is 1. The van der Waals surface area contributed by atoms with Gasteiger partial charge in [-0.15, -0.1) is 0 Å². The van der Waals surface area contributed by atoms with Gasteiger partial charge in [0, 0.05) is 17.8 Å². The van der Waals surface area contributed by atoms with Gasteiger partial charge in [0.1, 0.15) is 11.5 Å². The van der Waals surface area contributed by atoms with Crippen molar-refractivity contribution >= 4 is 11.6 Å². The number of hydrogen-bond acceptors (Lipinski definition) is 3. The Kier molecular flexibility index (Phi) is 4.45. The van der Waals surface area contributed by atoms with Gasteiger partial charge in [-0.1, -0.05) is 6.07 Å². The molecule has 0 atom stereocenters. The second kappa shape index (κ2) is 6.28. The van der Waals surface area contributed by atoms with Gasteiger partial charge in [0.15, 0.2) is 0 Å². The molecule has 4 nitrogen and oxygen atoms in total. The summed E-state index contributed by atoms with van der Waals surface area (Å²) in [7, 11) is 0. The molecule has 0 aliphatic carbocycles. The number of rotatable bonds is 5. The number of amides is 1. The third-order valence-electron chi connectivity index (χ3n) is 3.09. The number of hydrogen-bond donors (Lipinski definition) is 2. The predicted octanol–water partition coefficient (Wildman–Crippen LogP) is 3.26. The van der Waals surface area contributed by atoms with Crippen molar-refractivity contribution in [3.05, 3.63) is 53.0 Å². The lowest BCUT2D eigenvalue weighted by Crippen LogP contribution is -2.22. The van der Waals surface area contributed by atoms with Crippen LogP contribution in [0.25, 0.3) is 0 Å². The Hall–Kier alpha value is -2.23. The van der Waals surface area contributed by atoms with Gasteiger partial charge in [-0.25, -0.2) is 0 Å². The molecule has 4 heteroatoms. The number of benzene rings is 1. The summed E-state index contributed by atoms with van der Waals surface area (Å²) in [6, 6.07) is 9.54. The van der Waals surface area contributed by atoms with Crippen molar-refractivity contribution in [2.75, 3.05) is 11.9 Å². The van der Waals surface area contributed by atoms with Crippen molar-refractivity contribution in [2.24, 2.45) is 0 Å². The van der Waals surface area contributed by atoms with E-state index in [0.717, 1.165) is 22.8 Å². The maximum Gasteiger partial charge on any atom is 0.251 e. The van der Waals surface area contributed by atoms with Crippen LogP contribution in [0.2, 0.25) is 0 Å². The summed E-state index contributed by atoms with van der Waals surface area (Å²) in [5.41, 5.74) is 2.71. The smallest absolute Gasteiger partial charge is 0.251 e. The Labute approximate surface area is 119 Å². The Morgan fingerprint density at radius 3 is 2.65 bits per heavy atom. The zero-order valence-electron chi connectivity index (χ0n) is 12.1. The van der Waals surface area contributed by atoms with E-state index >= 15 is 0 Å². The van der Waals surface area contributed by atoms with Crippen LogP contribution in [-0.4, -0.2) is 12.5 Å². The number of anilines is 1. The van der Waals surface area contributed by atoms with Crippen LogP contribution >= 0.6 is 0 Å². The molecule has 1 aromatic carbocycles. The summed E-state index contributed by atoms with van der Waals surface area (Å²) in [6.45, 7) is 7.07. The summed E-state index contributed by atoms with van der Waals surface area (Å²) in [5.74, 6) is 1.73. The Morgan fingerprint density at radius 1 is 1.20 bits per heavy atom. The van der Waals surface area contributed by atoms with Gasteiger partial charge < -0.3 is 15.1 Å². The second-order valence-corrected chi connectivity index (χ2v) is 4.76. The normalized spacial score (nSPS) is 10.3. The fourth-order valence-electron chi connectivity index (χ4n) is 1.98. The average molecular weight is 272 g/mol. The van der Waals surface area contributed by atoms with E-state index in [2.05, 4.69) is 10.6 Å². The average Bonchev–Trinajstić information content (AvgIpc) is 2.84. The molecule has 0 unspecified atom stereocenters. The van der Waals surface area contributed by atoms with Crippen LogP contribution < -0.4 is 10.6 Å². The maximum absolute atomic E-state index is 11.8. The minimum atomic E-state index is -0.0515. The summed E-state index contributed by atoms with van der Waals surface area (Å²) in [6.07, 6.45) is 0. The topological polar surface area (TPSA) is 54.3 Å². The van der Waals surface area contributed by atoms with Gasteiger partial charge >= 0.3 is 0 Å². The maximum atomic E-state index is 11.8. The summed E-state index contributed by atoms with van der Waals surface area (Å²) < 4.78 is 5.52. The Morgan fingerprint density at radius 2 is 2.00 bits per heavy atom. The first-order valence-electron chi connectivity index (χ1n) is 6.78. The SMILES string of the molecule is CCNC(=O)c1ccc(C)c(NCc2ccc(C)o2)c1. The van der Waals surface area contributed by atoms with Crippen LogP contribution in [-0.2, 0) is 6.54 Å². The molecule has 0 aliphatic heterocycles. The molecule has 0 spiro atoms. The van der Waals surface area contributed by atoms with Gasteiger partial charge in [-0.3, -0.25) is 4.79 Å². The largest absolute Gasteiger partial charge is 0.465 e. The quantitative estimate of drug-likeness (QED) is 0.878. The number of carbonyl (C=O) groups excluding carboxylic acids is 1. The van der Waals surface area contributed by atoms with Crippen LogP contribution in [0.4, 0.5) is 5.69 Å². The molecule has 2 N–H and O–H groups in total. The molecule has 2 rings (SSSR count). The van der Waals surface area contributed by atoms with Gasteiger partial charge in [-0.2, -0.15) is 0 Å². The first-order valence-corrected chi connectivity index (χ1v) is 6.78. The van der Waals surface area contributed by atoms with Gasteiger partial charge in [-0.05, 0) is 50.6 Å². The molecule has 2 aromatic rings. The molecule has 20 heavy (non-hydrogen) atoms. The molecule has 0 radical (unpaired) electrons. The summed E-state index contributed by atoms with van der Waals surface area (Å²) in [5, 5.41) is 6.11. The van der Waals surface area contributed by atoms with E-state index in [0.29, 0.717) is 18.7 Å². The van der Waals surface area contributed by atoms with E-state index in [9.17, 15) is 4.79 Å². The second-order valence-electron chi connectivity index (χ2n) is 4.76. The van der Waals surface area contributed by atoms with E-state index in [-0.39, 0.29) is 5.91 Å². The molecular formula is C16H20N2O2. The number of nitrogens with one attached hydrogen (secondary N) is 2. The highest BCUT2D eigenvalue weighted by Crippen LogP contribution is 2.18. The van der Waals surface area contributed by atoms with E-state index in [1.807, 2.05) is 51.1 Å². The molecule has 1 amide bonds. The molecule has 0 saturated carbocycles. The highest BCUT2D eigenvalue weighted by atomic mass is 16.3. The highest BCUT2D eigenvalue weighted by Gasteiger charge is 2.07. The van der Waals surface area contributed by atoms with Crippen molar-refractivity contribution in [3.63, 3.8) is 0 Å². The lowest BCUT2D eigenvalue weighted by atomic mass is 10.1. The minimum Gasteiger partial charge on any atom is -0.465 e. The summed E-state index contributed by atoms with van der Waals surface area (Å²) >= 11 is 0. The van der Waals surface area contributed by atoms with Gasteiger partial charge in [0.25, 0.3) is 5.91 Å². The van der Waals surface area contributed by atoms with Crippen molar-refractivity contribution in [1.82, 2.24) is 5.32 Å². The Balaban J connectivity index is 2.10. The molecule has 0 saturated heterocycles. The lowest BCUT2D eigenvalue weighted by molar-refractivity contribution is 0.0956. The molecule has 0 bridgehead atoms. The molecule has 0 aliphatic rings. The van der Waals surface area contributed by atoms with Crippen LogP contribution in [0.5, 0.6) is 0 Å². The fraction of sp³-hybridized carbons (Fsp3) is 0.312. The summed E-state index contributed by atoms with van der Waals surface area (Å²) in [4.78, 5) is 11.8. The van der Waals surface area contributed by atoms with E-state index in [4.69, 9.17) is 4.42 Å². The molecular weight excluding hydrogens is 252 g/mol. The molecule has 0 fully saturated rings. The van der Waals surface area contributed by atoms with Crippen LogP contribution in [0.3, 0.4) is 0 Å². The monoisotopic (exact) mass is 272 g/mol. The molecule has 106 valence electrons. The first kappa shape index (κ1) is 14.2. The minimum absolute atomic E-state index is 0.0515.